The minimum Gasteiger partial charge on any atom is -0.361 e. The van der Waals surface area contributed by atoms with E-state index in [0.29, 0.717) is 16.9 Å². The Kier molecular flexibility index (Phi) is 5.86. The molecular weight excluding hydrogens is 392 g/mol. The first kappa shape index (κ1) is 22.7. The van der Waals surface area contributed by atoms with Crippen LogP contribution in [-0.4, -0.2) is 10.2 Å². The molecule has 4 aliphatic rings. The summed E-state index contributed by atoms with van der Waals surface area (Å²) in [7, 11) is 0. The lowest BCUT2D eigenvalue weighted by Gasteiger charge is -2.63. The van der Waals surface area contributed by atoms with E-state index in [1.165, 1.54) is 57.8 Å². The maximum absolute atomic E-state index is 11.7. The summed E-state index contributed by atoms with van der Waals surface area (Å²) in [4.78, 5) is 0. The molecule has 1 aromatic rings. The van der Waals surface area contributed by atoms with Gasteiger partial charge in [-0.2, -0.15) is 0 Å². The predicted molar refractivity (Wildman–Crippen MR) is 131 cm³/mol. The van der Waals surface area contributed by atoms with Crippen LogP contribution in [0.15, 0.2) is 42.5 Å². The Hall–Kier alpha value is -1.12. The van der Waals surface area contributed by atoms with Crippen LogP contribution in [0, 0.1) is 46.3 Å². The van der Waals surface area contributed by atoms with E-state index in [1.807, 2.05) is 37.3 Å². The molecule has 0 aliphatic heterocycles. The van der Waals surface area contributed by atoms with Crippen LogP contribution in [0.2, 0.25) is 0 Å². The molecule has 0 radical (unpaired) electrons. The summed E-state index contributed by atoms with van der Waals surface area (Å²) < 4.78 is 0. The highest BCUT2D eigenvalue weighted by Crippen LogP contribution is 2.69. The fourth-order valence-corrected chi connectivity index (χ4v) is 9.52. The Morgan fingerprint density at radius 3 is 2.41 bits per heavy atom. The zero-order valence-electron chi connectivity index (χ0n) is 20.5. The van der Waals surface area contributed by atoms with Crippen molar-refractivity contribution in [3.05, 3.63) is 48.0 Å². The molecule has 32 heavy (non-hydrogen) atoms. The third-order valence-electron chi connectivity index (χ3n) is 11.1. The number of hydrogen-bond donors (Lipinski definition) is 2. The molecular formula is C30H44O2. The van der Waals surface area contributed by atoms with Crippen molar-refractivity contribution in [2.75, 3.05) is 0 Å². The summed E-state index contributed by atoms with van der Waals surface area (Å²) in [5.41, 5.74) is 1.28. The highest BCUT2D eigenvalue weighted by atomic mass is 16.5. The second-order valence-electron chi connectivity index (χ2n) is 12.3. The fraction of sp³-hybridized carbons (Fsp3) is 0.733. The molecule has 4 saturated carbocycles. The van der Waals surface area contributed by atoms with Crippen molar-refractivity contribution >= 4 is 0 Å². The minimum absolute atomic E-state index is 0.203. The van der Waals surface area contributed by atoms with Crippen LogP contribution in [0.4, 0.5) is 0 Å². The summed E-state index contributed by atoms with van der Waals surface area (Å²) in [6, 6.07) is 9.57. The largest absolute Gasteiger partial charge is 0.361 e. The summed E-state index contributed by atoms with van der Waals surface area (Å²) in [6.07, 6.45) is 17.7. The Morgan fingerprint density at radius 2 is 1.66 bits per heavy atom. The number of aliphatic hydroxyl groups is 2. The van der Waals surface area contributed by atoms with Crippen molar-refractivity contribution in [1.82, 2.24) is 0 Å². The van der Waals surface area contributed by atoms with Gasteiger partial charge >= 0.3 is 0 Å². The second kappa shape index (κ2) is 8.27. The van der Waals surface area contributed by atoms with E-state index in [4.69, 9.17) is 0 Å². The lowest BCUT2D eigenvalue weighted by molar-refractivity contribution is -0.236. The highest BCUT2D eigenvalue weighted by Gasteiger charge is 2.62. The van der Waals surface area contributed by atoms with Crippen molar-refractivity contribution in [2.45, 2.75) is 90.8 Å². The first-order chi connectivity index (χ1) is 15.3. The molecule has 2 N–H and O–H groups in total. The van der Waals surface area contributed by atoms with Gasteiger partial charge in [-0.1, -0.05) is 75.6 Å². The molecule has 0 heterocycles. The zero-order chi connectivity index (χ0) is 22.6. The van der Waals surface area contributed by atoms with E-state index >= 15 is 0 Å². The molecule has 1 aromatic carbocycles. The van der Waals surface area contributed by atoms with E-state index in [0.717, 1.165) is 30.1 Å². The number of benzene rings is 1. The molecule has 0 amide bonds. The standard InChI is InChI=1S/C30H44O2/c1-4-11-25(30(31,32)22-13-6-5-7-14-22)27-20-26-23(24-15-10-19-29(24,27)3)17-16-21-12-8-9-18-28(21,26)2/h4-7,11,13-14,21,23-27,31-32H,8-10,12,15-20H2,1-3H3/t21?,23-,24-,25?,26+,27?,28-,29+/m0/s1. The van der Waals surface area contributed by atoms with Crippen LogP contribution in [0.25, 0.3) is 0 Å². The van der Waals surface area contributed by atoms with Crippen LogP contribution in [-0.2, 0) is 5.79 Å². The van der Waals surface area contributed by atoms with Crippen molar-refractivity contribution in [1.29, 1.82) is 0 Å². The average molecular weight is 437 g/mol. The minimum atomic E-state index is -1.83. The monoisotopic (exact) mass is 436 g/mol. The quantitative estimate of drug-likeness (QED) is 0.391. The topological polar surface area (TPSA) is 40.5 Å². The van der Waals surface area contributed by atoms with Crippen LogP contribution in [0.1, 0.15) is 90.5 Å². The molecule has 4 fully saturated rings. The van der Waals surface area contributed by atoms with Crippen LogP contribution < -0.4 is 0 Å². The summed E-state index contributed by atoms with van der Waals surface area (Å²) in [5.74, 6) is 1.41. The van der Waals surface area contributed by atoms with Gasteiger partial charge in [0.2, 0.25) is 0 Å². The van der Waals surface area contributed by atoms with Crippen molar-refractivity contribution in [2.24, 2.45) is 46.3 Å². The molecule has 2 heteroatoms. The van der Waals surface area contributed by atoms with Gasteiger partial charge in [0.05, 0.1) is 0 Å². The van der Waals surface area contributed by atoms with E-state index in [1.54, 1.807) is 0 Å². The summed E-state index contributed by atoms with van der Waals surface area (Å²) in [5, 5.41) is 23.3. The van der Waals surface area contributed by atoms with Gasteiger partial charge in [-0.05, 0) is 92.3 Å². The SMILES string of the molecule is CC=CC(C1C[C@@H]2[C@@H](CCC3CCCC[C@@]32C)[C@@H]2CCC[C@@]12C)C(O)(O)c1ccccc1. The smallest absolute Gasteiger partial charge is 0.196 e. The Labute approximate surface area is 195 Å². The molecule has 2 nitrogen and oxygen atoms in total. The number of hydrogen-bond acceptors (Lipinski definition) is 2. The van der Waals surface area contributed by atoms with Gasteiger partial charge in [-0.15, -0.1) is 0 Å². The lowest BCUT2D eigenvalue weighted by atomic mass is 9.42. The van der Waals surface area contributed by atoms with Gasteiger partial charge < -0.3 is 10.2 Å². The van der Waals surface area contributed by atoms with E-state index in [9.17, 15) is 10.2 Å². The molecule has 0 aromatic heterocycles. The van der Waals surface area contributed by atoms with E-state index in [-0.39, 0.29) is 11.3 Å². The molecule has 8 atom stereocenters. The summed E-state index contributed by atoms with van der Waals surface area (Å²) >= 11 is 0. The normalized spacial score (nSPS) is 42.8. The van der Waals surface area contributed by atoms with Crippen molar-refractivity contribution < 1.29 is 10.2 Å². The lowest BCUT2D eigenvalue weighted by Crippen LogP contribution is -2.57. The van der Waals surface area contributed by atoms with Crippen molar-refractivity contribution in [3.63, 3.8) is 0 Å². The molecule has 0 spiro atoms. The molecule has 5 rings (SSSR count). The maximum atomic E-state index is 11.7. The van der Waals surface area contributed by atoms with Gasteiger partial charge in [0.1, 0.15) is 0 Å². The summed E-state index contributed by atoms with van der Waals surface area (Å²) in [6.45, 7) is 7.17. The Morgan fingerprint density at radius 1 is 0.906 bits per heavy atom. The molecule has 4 aliphatic carbocycles. The van der Waals surface area contributed by atoms with E-state index in [2.05, 4.69) is 26.0 Å². The first-order valence-electron chi connectivity index (χ1n) is 13.5. The van der Waals surface area contributed by atoms with Crippen molar-refractivity contribution in [3.8, 4) is 0 Å². The van der Waals surface area contributed by atoms with E-state index < -0.39 is 5.79 Å². The average Bonchev–Trinajstić information content (AvgIpc) is 3.20. The van der Waals surface area contributed by atoms with Crippen LogP contribution >= 0.6 is 0 Å². The number of fused-ring (bicyclic) bond motifs is 5. The van der Waals surface area contributed by atoms with Crippen LogP contribution in [0.3, 0.4) is 0 Å². The van der Waals surface area contributed by atoms with Gasteiger partial charge in [-0.25, -0.2) is 0 Å². The van der Waals surface area contributed by atoms with Gasteiger partial charge in [0.25, 0.3) is 0 Å². The van der Waals surface area contributed by atoms with Gasteiger partial charge in [0, 0.05) is 11.5 Å². The first-order valence-corrected chi connectivity index (χ1v) is 13.5. The Bertz CT molecular complexity index is 828. The number of allylic oxidation sites excluding steroid dienone is 1. The zero-order valence-corrected chi connectivity index (χ0v) is 20.5. The fourth-order valence-electron chi connectivity index (χ4n) is 9.52. The molecule has 176 valence electrons. The Balaban J connectivity index is 1.57. The predicted octanol–water partition coefficient (Wildman–Crippen LogP) is 7.07. The molecule has 0 saturated heterocycles. The maximum Gasteiger partial charge on any atom is 0.196 e. The molecule has 0 bridgehead atoms. The highest BCUT2D eigenvalue weighted by molar-refractivity contribution is 5.24. The second-order valence-corrected chi connectivity index (χ2v) is 12.3. The third kappa shape index (κ3) is 3.35. The van der Waals surface area contributed by atoms with Gasteiger partial charge in [0.15, 0.2) is 5.79 Å². The third-order valence-corrected chi connectivity index (χ3v) is 11.1. The number of rotatable bonds is 4. The van der Waals surface area contributed by atoms with Crippen LogP contribution in [0.5, 0.6) is 0 Å². The molecule has 3 unspecified atom stereocenters. The van der Waals surface area contributed by atoms with Gasteiger partial charge in [-0.3, -0.25) is 0 Å².